The van der Waals surface area contributed by atoms with Crippen LogP contribution >= 0.6 is 0 Å². The number of amides is 2. The average Bonchev–Trinajstić information content (AvgIpc) is 2.93. The van der Waals surface area contributed by atoms with E-state index in [-0.39, 0.29) is 11.6 Å². The Morgan fingerprint density at radius 1 is 1.29 bits per heavy atom. The molecule has 2 amide bonds. The Hall–Kier alpha value is -2.64. The molecule has 1 saturated heterocycles. The van der Waals surface area contributed by atoms with Gasteiger partial charge in [0.15, 0.2) is 5.82 Å². The number of nitrogens with one attached hydrogen (secondary N) is 1. The quantitative estimate of drug-likeness (QED) is 0.877. The lowest BCUT2D eigenvalue weighted by atomic mass is 10.1. The summed E-state index contributed by atoms with van der Waals surface area (Å²) in [6.07, 6.45) is 4.17. The van der Waals surface area contributed by atoms with E-state index in [9.17, 15) is 9.59 Å². The van der Waals surface area contributed by atoms with E-state index in [0.717, 1.165) is 19.5 Å². The van der Waals surface area contributed by atoms with Gasteiger partial charge in [-0.05, 0) is 6.42 Å². The first kappa shape index (κ1) is 13.3. The van der Waals surface area contributed by atoms with E-state index in [1.54, 1.807) is 35.9 Å². The Morgan fingerprint density at radius 3 is 2.62 bits per heavy atom. The molecule has 0 spiro atoms. The second-order valence-corrected chi connectivity index (χ2v) is 5.00. The minimum atomic E-state index is -0.391. The number of hydrogen-bond acceptors (Lipinski definition) is 4. The monoisotopic (exact) mass is 288 g/mol. The van der Waals surface area contributed by atoms with Crippen molar-refractivity contribution in [2.24, 2.45) is 14.1 Å². The van der Waals surface area contributed by atoms with Gasteiger partial charge in [-0.1, -0.05) is 0 Å². The van der Waals surface area contributed by atoms with E-state index >= 15 is 0 Å². The van der Waals surface area contributed by atoms with Gasteiger partial charge in [-0.15, -0.1) is 0 Å². The van der Waals surface area contributed by atoms with Gasteiger partial charge in [0.1, 0.15) is 5.69 Å². The summed E-state index contributed by atoms with van der Waals surface area (Å²) in [5.74, 6) is -0.107. The summed E-state index contributed by atoms with van der Waals surface area (Å²) in [6, 6.07) is 1.69. The molecule has 1 aliphatic heterocycles. The lowest BCUT2D eigenvalue weighted by molar-refractivity contribution is 0.0648. The molecule has 3 rings (SSSR count). The topological polar surface area (TPSA) is 85.0 Å². The van der Waals surface area contributed by atoms with Crippen LogP contribution in [0, 0.1) is 0 Å². The van der Waals surface area contributed by atoms with Crippen molar-refractivity contribution in [1.82, 2.24) is 24.5 Å². The largest absolute Gasteiger partial charge is 0.338 e. The smallest absolute Gasteiger partial charge is 0.275 e. The maximum atomic E-state index is 12.4. The number of carbonyl (C=O) groups is 2. The van der Waals surface area contributed by atoms with E-state index in [1.165, 1.54) is 10.9 Å². The molecule has 0 unspecified atom stereocenters. The SMILES string of the molecule is Cn1ccc(NC(=O)c2c(C(=O)N3CCC3)cnn2C)n1. The van der Waals surface area contributed by atoms with Crippen LogP contribution in [0.4, 0.5) is 5.82 Å². The molecule has 0 bridgehead atoms. The van der Waals surface area contributed by atoms with Crippen molar-refractivity contribution >= 4 is 17.6 Å². The van der Waals surface area contributed by atoms with Gasteiger partial charge in [-0.2, -0.15) is 10.2 Å². The van der Waals surface area contributed by atoms with E-state index in [2.05, 4.69) is 15.5 Å². The first-order valence-corrected chi connectivity index (χ1v) is 6.68. The predicted octanol–water partition coefficient (Wildman–Crippen LogP) is 0.252. The van der Waals surface area contributed by atoms with Gasteiger partial charge in [0, 0.05) is 39.4 Å². The zero-order valence-electron chi connectivity index (χ0n) is 11.9. The highest BCUT2D eigenvalue weighted by Crippen LogP contribution is 2.17. The zero-order chi connectivity index (χ0) is 15.0. The third-order valence-corrected chi connectivity index (χ3v) is 3.48. The molecule has 21 heavy (non-hydrogen) atoms. The van der Waals surface area contributed by atoms with Crippen molar-refractivity contribution in [3.05, 3.63) is 29.7 Å². The van der Waals surface area contributed by atoms with E-state index in [1.807, 2.05) is 0 Å². The normalized spacial score (nSPS) is 13.9. The predicted molar refractivity (Wildman–Crippen MR) is 74.9 cm³/mol. The number of aromatic nitrogens is 4. The molecule has 8 nitrogen and oxygen atoms in total. The fourth-order valence-electron chi connectivity index (χ4n) is 2.21. The van der Waals surface area contributed by atoms with Crippen molar-refractivity contribution < 1.29 is 9.59 Å². The lowest BCUT2D eigenvalue weighted by Crippen LogP contribution is -2.42. The highest BCUT2D eigenvalue weighted by atomic mass is 16.2. The Labute approximate surface area is 121 Å². The van der Waals surface area contributed by atoms with Gasteiger partial charge < -0.3 is 10.2 Å². The standard InChI is InChI=1S/C13H16N6O2/c1-17-7-4-10(16-17)15-12(20)11-9(8-14-18(11)2)13(21)19-5-3-6-19/h4,7-8H,3,5-6H2,1-2H3,(H,15,16,20). The van der Waals surface area contributed by atoms with Crippen LogP contribution in [0.15, 0.2) is 18.5 Å². The van der Waals surface area contributed by atoms with Gasteiger partial charge in [0.25, 0.3) is 11.8 Å². The molecule has 8 heteroatoms. The molecule has 0 radical (unpaired) electrons. The molecular formula is C13H16N6O2. The lowest BCUT2D eigenvalue weighted by Gasteiger charge is -2.30. The summed E-state index contributed by atoms with van der Waals surface area (Å²) < 4.78 is 3.00. The van der Waals surface area contributed by atoms with Crippen LogP contribution in [0.25, 0.3) is 0 Å². The second kappa shape index (κ2) is 5.04. The van der Waals surface area contributed by atoms with Crippen LogP contribution in [0.1, 0.15) is 27.3 Å². The molecule has 1 aliphatic rings. The summed E-state index contributed by atoms with van der Waals surface area (Å²) in [4.78, 5) is 26.4. The van der Waals surface area contributed by atoms with Crippen LogP contribution in [0.3, 0.4) is 0 Å². The fourth-order valence-corrected chi connectivity index (χ4v) is 2.21. The minimum absolute atomic E-state index is 0.152. The first-order valence-electron chi connectivity index (χ1n) is 6.68. The molecule has 2 aromatic heterocycles. The Balaban J connectivity index is 1.85. The van der Waals surface area contributed by atoms with Gasteiger partial charge in [-0.3, -0.25) is 19.0 Å². The maximum absolute atomic E-state index is 12.4. The van der Waals surface area contributed by atoms with Crippen LogP contribution in [0.2, 0.25) is 0 Å². The van der Waals surface area contributed by atoms with Crippen LogP contribution in [-0.4, -0.2) is 49.4 Å². The van der Waals surface area contributed by atoms with E-state index < -0.39 is 5.91 Å². The van der Waals surface area contributed by atoms with Crippen LogP contribution in [-0.2, 0) is 14.1 Å². The molecular weight excluding hydrogens is 272 g/mol. The molecule has 0 aromatic carbocycles. The van der Waals surface area contributed by atoms with Crippen LogP contribution in [0.5, 0.6) is 0 Å². The molecule has 0 aliphatic carbocycles. The zero-order valence-corrected chi connectivity index (χ0v) is 11.9. The summed E-state index contributed by atoms with van der Waals surface area (Å²) in [5.41, 5.74) is 0.572. The minimum Gasteiger partial charge on any atom is -0.338 e. The van der Waals surface area contributed by atoms with Crippen LogP contribution < -0.4 is 5.32 Å². The summed E-state index contributed by atoms with van der Waals surface area (Å²) in [6.45, 7) is 1.46. The number of anilines is 1. The summed E-state index contributed by atoms with van der Waals surface area (Å²) in [7, 11) is 3.40. The van der Waals surface area contributed by atoms with Crippen molar-refractivity contribution in [3.63, 3.8) is 0 Å². The molecule has 0 atom stereocenters. The van der Waals surface area contributed by atoms with Gasteiger partial charge in [0.05, 0.1) is 11.8 Å². The number of nitrogens with zero attached hydrogens (tertiary/aromatic N) is 5. The molecule has 0 saturated carbocycles. The number of likely N-dealkylation sites (tertiary alicyclic amines) is 1. The summed E-state index contributed by atoms with van der Waals surface area (Å²) in [5, 5.41) is 10.8. The van der Waals surface area contributed by atoms with Gasteiger partial charge in [0.2, 0.25) is 0 Å². The highest BCUT2D eigenvalue weighted by molar-refractivity contribution is 6.10. The van der Waals surface area contributed by atoms with Crippen molar-refractivity contribution in [2.75, 3.05) is 18.4 Å². The van der Waals surface area contributed by atoms with Crippen molar-refractivity contribution in [1.29, 1.82) is 0 Å². The third kappa shape index (κ3) is 2.39. The van der Waals surface area contributed by atoms with Crippen molar-refractivity contribution in [2.45, 2.75) is 6.42 Å². The number of hydrogen-bond donors (Lipinski definition) is 1. The van der Waals surface area contributed by atoms with E-state index in [0.29, 0.717) is 11.4 Å². The fraction of sp³-hybridized carbons (Fsp3) is 0.385. The molecule has 2 aromatic rings. The van der Waals surface area contributed by atoms with E-state index in [4.69, 9.17) is 0 Å². The molecule has 3 heterocycles. The highest BCUT2D eigenvalue weighted by Gasteiger charge is 2.28. The Morgan fingerprint density at radius 2 is 2.05 bits per heavy atom. The first-order chi connectivity index (χ1) is 10.1. The maximum Gasteiger partial charge on any atom is 0.275 e. The van der Waals surface area contributed by atoms with Crippen molar-refractivity contribution in [3.8, 4) is 0 Å². The number of carbonyl (C=O) groups excluding carboxylic acids is 2. The number of aryl methyl sites for hydroxylation is 2. The Kier molecular flexibility index (Phi) is 3.20. The molecule has 1 N–H and O–H groups in total. The molecule has 110 valence electrons. The second-order valence-electron chi connectivity index (χ2n) is 5.00. The Bertz CT molecular complexity index is 697. The summed E-state index contributed by atoms with van der Waals surface area (Å²) >= 11 is 0. The number of rotatable bonds is 3. The van der Waals surface area contributed by atoms with Gasteiger partial charge in [-0.25, -0.2) is 0 Å². The average molecular weight is 288 g/mol. The third-order valence-electron chi connectivity index (χ3n) is 3.48. The van der Waals surface area contributed by atoms with Gasteiger partial charge >= 0.3 is 0 Å². The molecule has 1 fully saturated rings.